The molecule has 2 aromatic rings. The van der Waals surface area contributed by atoms with Crippen molar-refractivity contribution in [2.45, 2.75) is 13.3 Å². The van der Waals surface area contributed by atoms with Gasteiger partial charge in [0.1, 0.15) is 6.61 Å². The van der Waals surface area contributed by atoms with Crippen molar-refractivity contribution in [2.75, 3.05) is 25.1 Å². The van der Waals surface area contributed by atoms with E-state index in [0.29, 0.717) is 6.54 Å². The van der Waals surface area contributed by atoms with E-state index >= 15 is 0 Å². The fourth-order valence-electron chi connectivity index (χ4n) is 1.52. The van der Waals surface area contributed by atoms with Crippen LogP contribution in [0, 0.1) is 6.92 Å². The van der Waals surface area contributed by atoms with Crippen LogP contribution in [0.3, 0.4) is 0 Å². The van der Waals surface area contributed by atoms with Crippen LogP contribution in [0.4, 0.5) is 13.9 Å². The van der Waals surface area contributed by atoms with Crippen molar-refractivity contribution in [3.05, 3.63) is 23.8 Å². The Hall–Kier alpha value is -1.27. The highest BCUT2D eigenvalue weighted by Gasteiger charge is 2.04. The van der Waals surface area contributed by atoms with Crippen LogP contribution in [0.25, 0.3) is 10.2 Å². The number of hydrogen-bond acceptors (Lipinski definition) is 4. The molecule has 1 N–H and O–H groups in total. The lowest BCUT2D eigenvalue weighted by atomic mass is 10.2. The van der Waals surface area contributed by atoms with Gasteiger partial charge in [-0.25, -0.2) is 13.8 Å². The van der Waals surface area contributed by atoms with Crippen LogP contribution in [0.15, 0.2) is 18.2 Å². The monoisotopic (exact) mass is 272 g/mol. The highest BCUT2D eigenvalue weighted by atomic mass is 32.1. The molecule has 0 amide bonds. The Balaban J connectivity index is 1.84. The van der Waals surface area contributed by atoms with E-state index in [1.165, 1.54) is 5.56 Å². The van der Waals surface area contributed by atoms with Crippen molar-refractivity contribution < 1.29 is 13.5 Å². The molecule has 0 unspecified atom stereocenters. The summed E-state index contributed by atoms with van der Waals surface area (Å²) in [7, 11) is 0. The van der Waals surface area contributed by atoms with Gasteiger partial charge < -0.3 is 10.1 Å². The average Bonchev–Trinajstić information content (AvgIpc) is 2.70. The minimum absolute atomic E-state index is 0.249. The van der Waals surface area contributed by atoms with Gasteiger partial charge in [0.25, 0.3) is 6.43 Å². The quantitative estimate of drug-likeness (QED) is 0.819. The number of thiazole rings is 1. The summed E-state index contributed by atoms with van der Waals surface area (Å²) in [6, 6.07) is 6.08. The Kier molecular flexibility index (Phi) is 4.43. The van der Waals surface area contributed by atoms with Crippen LogP contribution in [0.5, 0.6) is 0 Å². The van der Waals surface area contributed by atoms with Crippen molar-refractivity contribution in [1.29, 1.82) is 0 Å². The molecule has 0 spiro atoms. The van der Waals surface area contributed by atoms with Gasteiger partial charge in [0.15, 0.2) is 5.13 Å². The van der Waals surface area contributed by atoms with Crippen molar-refractivity contribution >= 4 is 26.7 Å². The third-order valence-electron chi connectivity index (χ3n) is 2.31. The molecular formula is C12H14F2N2OS. The highest BCUT2D eigenvalue weighted by molar-refractivity contribution is 7.22. The number of alkyl halides is 2. The van der Waals surface area contributed by atoms with E-state index in [2.05, 4.69) is 10.3 Å². The molecule has 0 aliphatic rings. The molecule has 98 valence electrons. The number of aryl methyl sites for hydroxylation is 1. The summed E-state index contributed by atoms with van der Waals surface area (Å²) >= 11 is 1.54. The third-order valence-corrected chi connectivity index (χ3v) is 3.30. The lowest BCUT2D eigenvalue weighted by Crippen LogP contribution is -2.12. The zero-order valence-corrected chi connectivity index (χ0v) is 10.8. The van der Waals surface area contributed by atoms with Crippen molar-refractivity contribution in [3.8, 4) is 0 Å². The molecule has 0 fully saturated rings. The third kappa shape index (κ3) is 3.61. The number of nitrogens with zero attached hydrogens (tertiary/aromatic N) is 1. The summed E-state index contributed by atoms with van der Waals surface area (Å²) in [5.41, 5.74) is 2.12. The lowest BCUT2D eigenvalue weighted by molar-refractivity contribution is 0.0215. The smallest absolute Gasteiger partial charge is 0.261 e. The summed E-state index contributed by atoms with van der Waals surface area (Å²) in [5.74, 6) is 0. The van der Waals surface area contributed by atoms with E-state index < -0.39 is 13.0 Å². The van der Waals surface area contributed by atoms with E-state index in [9.17, 15) is 8.78 Å². The van der Waals surface area contributed by atoms with Gasteiger partial charge >= 0.3 is 0 Å². The van der Waals surface area contributed by atoms with Crippen LogP contribution in [0.2, 0.25) is 0 Å². The van der Waals surface area contributed by atoms with Crippen LogP contribution < -0.4 is 5.32 Å². The predicted octanol–water partition coefficient (Wildman–Crippen LogP) is 3.30. The number of aromatic nitrogens is 1. The number of nitrogens with one attached hydrogen (secondary N) is 1. The maximum Gasteiger partial charge on any atom is 0.261 e. The highest BCUT2D eigenvalue weighted by Crippen LogP contribution is 2.26. The summed E-state index contributed by atoms with van der Waals surface area (Å²) < 4.78 is 29.5. The second-order valence-electron chi connectivity index (χ2n) is 3.88. The maximum absolute atomic E-state index is 11.8. The largest absolute Gasteiger partial charge is 0.374 e. The first kappa shape index (κ1) is 13.2. The molecule has 1 aromatic heterocycles. The van der Waals surface area contributed by atoms with Gasteiger partial charge in [0, 0.05) is 6.54 Å². The Morgan fingerprint density at radius 2 is 2.28 bits per heavy atom. The molecule has 6 heteroatoms. The van der Waals surface area contributed by atoms with E-state index in [0.717, 1.165) is 15.3 Å². The molecule has 3 nitrogen and oxygen atoms in total. The van der Waals surface area contributed by atoms with Crippen molar-refractivity contribution in [1.82, 2.24) is 4.98 Å². The standard InChI is InChI=1S/C12H14F2N2OS/c1-8-2-3-10-9(6-8)16-12(18-10)15-4-5-17-7-11(13)14/h2-3,6,11H,4-5,7H2,1H3,(H,15,16). The molecule has 1 heterocycles. The van der Waals surface area contributed by atoms with Crippen LogP contribution >= 0.6 is 11.3 Å². The first-order valence-corrected chi connectivity index (χ1v) is 6.44. The molecule has 0 aliphatic carbocycles. The lowest BCUT2D eigenvalue weighted by Gasteiger charge is -2.03. The average molecular weight is 272 g/mol. The fraction of sp³-hybridized carbons (Fsp3) is 0.417. The molecule has 0 atom stereocenters. The number of ether oxygens (including phenoxy) is 1. The zero-order valence-electron chi connectivity index (χ0n) is 9.95. The molecule has 2 rings (SSSR count). The SMILES string of the molecule is Cc1ccc2sc(NCCOCC(F)F)nc2c1. The predicted molar refractivity (Wildman–Crippen MR) is 69.7 cm³/mol. The minimum Gasteiger partial charge on any atom is -0.374 e. The summed E-state index contributed by atoms with van der Waals surface area (Å²) in [5, 5.41) is 3.85. The summed E-state index contributed by atoms with van der Waals surface area (Å²) in [4.78, 5) is 4.41. The van der Waals surface area contributed by atoms with E-state index in [-0.39, 0.29) is 6.61 Å². The molecule has 18 heavy (non-hydrogen) atoms. The maximum atomic E-state index is 11.8. The summed E-state index contributed by atoms with van der Waals surface area (Å²) in [6.45, 7) is 2.23. The number of rotatable bonds is 6. The fourth-order valence-corrected chi connectivity index (χ4v) is 2.39. The second kappa shape index (κ2) is 6.06. The Morgan fingerprint density at radius 3 is 3.06 bits per heavy atom. The molecule has 0 saturated heterocycles. The molecule has 0 aliphatic heterocycles. The second-order valence-corrected chi connectivity index (χ2v) is 4.91. The van der Waals surface area contributed by atoms with Gasteiger partial charge in [-0.2, -0.15) is 0 Å². The molecule has 0 radical (unpaired) electrons. The van der Waals surface area contributed by atoms with Crippen LogP contribution in [-0.4, -0.2) is 31.2 Å². The van der Waals surface area contributed by atoms with E-state index in [1.54, 1.807) is 11.3 Å². The first-order valence-electron chi connectivity index (χ1n) is 5.62. The molecule has 0 bridgehead atoms. The number of hydrogen-bond donors (Lipinski definition) is 1. The van der Waals surface area contributed by atoms with Gasteiger partial charge in [-0.05, 0) is 24.6 Å². The number of halogens is 2. The van der Waals surface area contributed by atoms with Gasteiger partial charge in [-0.1, -0.05) is 17.4 Å². The Labute approximate surface area is 108 Å². The molecular weight excluding hydrogens is 258 g/mol. The zero-order chi connectivity index (χ0) is 13.0. The first-order chi connectivity index (χ1) is 8.65. The van der Waals surface area contributed by atoms with Crippen LogP contribution in [-0.2, 0) is 4.74 Å². The molecule has 0 saturated carbocycles. The topological polar surface area (TPSA) is 34.1 Å². The minimum atomic E-state index is -2.41. The Morgan fingerprint density at radius 1 is 1.44 bits per heavy atom. The van der Waals surface area contributed by atoms with Gasteiger partial charge in [-0.15, -0.1) is 0 Å². The number of benzene rings is 1. The van der Waals surface area contributed by atoms with Crippen molar-refractivity contribution in [2.24, 2.45) is 0 Å². The van der Waals surface area contributed by atoms with Crippen molar-refractivity contribution in [3.63, 3.8) is 0 Å². The number of anilines is 1. The van der Waals surface area contributed by atoms with E-state index in [4.69, 9.17) is 4.74 Å². The van der Waals surface area contributed by atoms with Crippen LogP contribution in [0.1, 0.15) is 5.56 Å². The van der Waals surface area contributed by atoms with E-state index in [1.807, 2.05) is 25.1 Å². The van der Waals surface area contributed by atoms with Gasteiger partial charge in [0.05, 0.1) is 16.8 Å². The van der Waals surface area contributed by atoms with Gasteiger partial charge in [-0.3, -0.25) is 0 Å². The summed E-state index contributed by atoms with van der Waals surface area (Å²) in [6.07, 6.45) is -2.41. The number of fused-ring (bicyclic) bond motifs is 1. The Bertz CT molecular complexity index is 516. The normalized spacial score (nSPS) is 11.3. The van der Waals surface area contributed by atoms with Gasteiger partial charge in [0.2, 0.25) is 0 Å². The molecule has 1 aromatic carbocycles.